The number of nitrogens with two attached hydrogens (primary N) is 1. The number of halogens is 3. The number of aliphatic hydroxyl groups excluding tert-OH is 1. The first-order valence-corrected chi connectivity index (χ1v) is 8.14. The molecule has 1 saturated carbocycles. The van der Waals surface area contributed by atoms with E-state index >= 15 is 0 Å². The van der Waals surface area contributed by atoms with Crippen LogP contribution in [0.3, 0.4) is 0 Å². The Morgan fingerprint density at radius 3 is 2.52 bits per heavy atom. The smallest absolute Gasteiger partial charge is 0.159 e. The summed E-state index contributed by atoms with van der Waals surface area (Å²) in [5, 5.41) is 9.67. The van der Waals surface area contributed by atoms with Crippen LogP contribution in [0.25, 0.3) is 0 Å². The fourth-order valence-electron chi connectivity index (χ4n) is 3.53. The Balaban J connectivity index is 1.73. The van der Waals surface area contributed by atoms with Crippen LogP contribution < -0.4 is 5.73 Å². The lowest BCUT2D eigenvalue weighted by Crippen LogP contribution is -2.43. The number of benzene rings is 2. The third kappa shape index (κ3) is 3.56. The van der Waals surface area contributed by atoms with Crippen molar-refractivity contribution in [3.05, 3.63) is 71.0 Å². The Morgan fingerprint density at radius 2 is 1.84 bits per heavy atom. The molecule has 2 aromatic carbocycles. The second-order valence-electron chi connectivity index (χ2n) is 6.52. The van der Waals surface area contributed by atoms with Crippen LogP contribution >= 0.6 is 0 Å². The fourth-order valence-corrected chi connectivity index (χ4v) is 3.53. The predicted octanol–water partition coefficient (Wildman–Crippen LogP) is 3.25. The summed E-state index contributed by atoms with van der Waals surface area (Å²) in [4.78, 5) is 0. The average Bonchev–Trinajstić information content (AvgIpc) is 2.93. The summed E-state index contributed by atoms with van der Waals surface area (Å²) in [6.45, 7) is -0.0940. The Bertz CT molecular complexity index is 755. The molecule has 25 heavy (non-hydrogen) atoms. The van der Waals surface area contributed by atoms with Gasteiger partial charge in [-0.3, -0.25) is 0 Å². The van der Waals surface area contributed by atoms with Crippen molar-refractivity contribution in [2.45, 2.75) is 31.1 Å². The number of hydrogen-bond donors (Lipinski definition) is 2. The molecule has 1 aliphatic carbocycles. The van der Waals surface area contributed by atoms with Crippen molar-refractivity contribution in [3.8, 4) is 0 Å². The van der Waals surface area contributed by atoms with Gasteiger partial charge in [-0.25, -0.2) is 13.2 Å². The minimum atomic E-state index is -1.03. The molecule has 0 bridgehead atoms. The second kappa shape index (κ2) is 7.15. The van der Waals surface area contributed by atoms with Crippen LogP contribution in [0.15, 0.2) is 42.5 Å². The molecule has 0 heterocycles. The molecule has 2 aromatic rings. The number of ether oxygens (including phenoxy) is 1. The van der Waals surface area contributed by atoms with Crippen molar-refractivity contribution in [1.82, 2.24) is 0 Å². The van der Waals surface area contributed by atoms with Crippen molar-refractivity contribution in [2.75, 3.05) is 6.61 Å². The van der Waals surface area contributed by atoms with Crippen LogP contribution in [0.2, 0.25) is 0 Å². The maximum absolute atomic E-state index is 14.2. The van der Waals surface area contributed by atoms with Crippen molar-refractivity contribution in [1.29, 1.82) is 0 Å². The molecule has 1 fully saturated rings. The highest BCUT2D eigenvalue weighted by Gasteiger charge is 2.47. The fraction of sp³-hybridized carbons (Fsp3) is 0.368. The molecule has 0 saturated heterocycles. The zero-order chi connectivity index (χ0) is 18.0. The van der Waals surface area contributed by atoms with E-state index in [1.807, 2.05) is 0 Å². The number of rotatable bonds is 5. The normalized spacial score (nSPS) is 26.1. The van der Waals surface area contributed by atoms with Crippen LogP contribution in [-0.4, -0.2) is 17.8 Å². The third-order valence-electron chi connectivity index (χ3n) is 4.91. The van der Waals surface area contributed by atoms with Crippen LogP contribution in [-0.2, 0) is 16.9 Å². The summed E-state index contributed by atoms with van der Waals surface area (Å²) in [6.07, 6.45) is 0.489. The molecule has 1 aliphatic rings. The third-order valence-corrected chi connectivity index (χ3v) is 4.91. The average molecular weight is 351 g/mol. The van der Waals surface area contributed by atoms with Gasteiger partial charge in [-0.05, 0) is 36.6 Å². The van der Waals surface area contributed by atoms with Crippen LogP contribution in [0, 0.1) is 23.4 Å². The van der Waals surface area contributed by atoms with Gasteiger partial charge in [0.05, 0.1) is 18.2 Å². The molecule has 3 atom stereocenters. The molecule has 6 heteroatoms. The van der Waals surface area contributed by atoms with Gasteiger partial charge in [-0.15, -0.1) is 0 Å². The first-order valence-electron chi connectivity index (χ1n) is 8.14. The lowest BCUT2D eigenvalue weighted by Gasteiger charge is -2.31. The zero-order valence-corrected chi connectivity index (χ0v) is 13.6. The Kier molecular flexibility index (Phi) is 5.13. The van der Waals surface area contributed by atoms with E-state index in [4.69, 9.17) is 10.5 Å². The molecule has 1 unspecified atom stereocenters. The van der Waals surface area contributed by atoms with Gasteiger partial charge in [0.1, 0.15) is 5.82 Å². The van der Waals surface area contributed by atoms with E-state index in [1.165, 1.54) is 12.1 Å². The van der Waals surface area contributed by atoms with Crippen LogP contribution in [0.1, 0.15) is 24.0 Å². The van der Waals surface area contributed by atoms with E-state index in [0.29, 0.717) is 24.0 Å². The van der Waals surface area contributed by atoms with Gasteiger partial charge in [0.25, 0.3) is 0 Å². The zero-order valence-electron chi connectivity index (χ0n) is 13.6. The van der Waals surface area contributed by atoms with Crippen LogP contribution in [0.4, 0.5) is 13.2 Å². The maximum atomic E-state index is 14.2. The standard InChI is InChI=1S/C19H20F3NO2/c20-16-4-2-1-3-15(16)19(23)9-14(8-13(19)10-24)25-11-12-5-6-17(21)18(22)7-12/h1-7,13-14,24H,8-11,23H2/t13-,14+,19?/m0/s1. The topological polar surface area (TPSA) is 55.5 Å². The lowest BCUT2D eigenvalue weighted by atomic mass is 9.81. The molecule has 0 aromatic heterocycles. The van der Waals surface area contributed by atoms with E-state index in [-0.39, 0.29) is 25.2 Å². The summed E-state index contributed by atoms with van der Waals surface area (Å²) >= 11 is 0. The van der Waals surface area contributed by atoms with Crippen molar-refractivity contribution >= 4 is 0 Å². The number of hydrogen-bond acceptors (Lipinski definition) is 3. The SMILES string of the molecule is NC1(c2ccccc2F)C[C@H](OCc2ccc(F)c(F)c2)C[C@H]1CO. The minimum Gasteiger partial charge on any atom is -0.396 e. The van der Waals surface area contributed by atoms with Crippen molar-refractivity contribution in [3.63, 3.8) is 0 Å². The van der Waals surface area contributed by atoms with E-state index < -0.39 is 23.0 Å². The van der Waals surface area contributed by atoms with Crippen LogP contribution in [0.5, 0.6) is 0 Å². The van der Waals surface area contributed by atoms with Gasteiger partial charge >= 0.3 is 0 Å². The largest absolute Gasteiger partial charge is 0.396 e. The van der Waals surface area contributed by atoms with Crippen molar-refractivity contribution in [2.24, 2.45) is 11.7 Å². The highest BCUT2D eigenvalue weighted by atomic mass is 19.2. The molecule has 0 amide bonds. The van der Waals surface area contributed by atoms with E-state index in [0.717, 1.165) is 12.1 Å². The van der Waals surface area contributed by atoms with Gasteiger partial charge in [0.15, 0.2) is 11.6 Å². The molecule has 3 N–H and O–H groups in total. The highest BCUT2D eigenvalue weighted by Crippen LogP contribution is 2.43. The molecule has 3 rings (SSSR count). The van der Waals surface area contributed by atoms with Gasteiger partial charge in [0, 0.05) is 18.1 Å². The van der Waals surface area contributed by atoms with Gasteiger partial charge in [-0.1, -0.05) is 24.3 Å². The molecule has 0 aliphatic heterocycles. The minimum absolute atomic E-state index is 0.0906. The van der Waals surface area contributed by atoms with Crippen molar-refractivity contribution < 1.29 is 23.0 Å². The Hall–Kier alpha value is -1.89. The Labute approximate surface area is 144 Å². The first kappa shape index (κ1) is 17.9. The predicted molar refractivity (Wildman–Crippen MR) is 87.0 cm³/mol. The summed E-state index contributed by atoms with van der Waals surface area (Å²) in [6, 6.07) is 9.83. The summed E-state index contributed by atoms with van der Waals surface area (Å²) in [7, 11) is 0. The summed E-state index contributed by atoms with van der Waals surface area (Å²) in [5.41, 5.74) is 6.28. The van der Waals surface area contributed by atoms with Gasteiger partial charge in [-0.2, -0.15) is 0 Å². The molecular weight excluding hydrogens is 331 g/mol. The lowest BCUT2D eigenvalue weighted by molar-refractivity contribution is 0.0390. The van der Waals surface area contributed by atoms with Gasteiger partial charge < -0.3 is 15.6 Å². The quantitative estimate of drug-likeness (QED) is 0.869. The molecule has 0 spiro atoms. The number of aliphatic hydroxyl groups is 1. The van der Waals surface area contributed by atoms with E-state index in [1.54, 1.807) is 18.2 Å². The van der Waals surface area contributed by atoms with E-state index in [9.17, 15) is 18.3 Å². The first-order chi connectivity index (χ1) is 11.9. The molecule has 134 valence electrons. The van der Waals surface area contributed by atoms with E-state index in [2.05, 4.69) is 0 Å². The summed E-state index contributed by atoms with van der Waals surface area (Å²) in [5.74, 6) is -2.60. The maximum Gasteiger partial charge on any atom is 0.159 e. The molecule has 3 nitrogen and oxygen atoms in total. The van der Waals surface area contributed by atoms with Gasteiger partial charge in [0.2, 0.25) is 0 Å². The highest BCUT2D eigenvalue weighted by molar-refractivity contribution is 5.29. The second-order valence-corrected chi connectivity index (χ2v) is 6.52. The monoisotopic (exact) mass is 351 g/mol. The molecular formula is C19H20F3NO2. The molecule has 0 radical (unpaired) electrons. The Morgan fingerprint density at radius 1 is 1.08 bits per heavy atom. The summed E-state index contributed by atoms with van der Waals surface area (Å²) < 4.78 is 46.2.